The zero-order valence-corrected chi connectivity index (χ0v) is 14.4. The molecule has 1 N–H and O–H groups in total. The Kier molecular flexibility index (Phi) is 3.70. The summed E-state index contributed by atoms with van der Waals surface area (Å²) in [6.45, 7) is 0.825. The van der Waals surface area contributed by atoms with Gasteiger partial charge in [-0.1, -0.05) is 24.3 Å². The molecule has 0 amide bonds. The van der Waals surface area contributed by atoms with Gasteiger partial charge in [-0.15, -0.1) is 0 Å². The fourth-order valence-corrected chi connectivity index (χ4v) is 4.13. The van der Waals surface area contributed by atoms with Gasteiger partial charge in [-0.3, -0.25) is 0 Å². The second kappa shape index (κ2) is 6.09. The third kappa shape index (κ3) is 2.26. The molecule has 2 aliphatic rings. The van der Waals surface area contributed by atoms with E-state index in [4.69, 9.17) is 14.2 Å². The van der Waals surface area contributed by atoms with Gasteiger partial charge in [0.2, 0.25) is 0 Å². The van der Waals surface area contributed by atoms with Crippen LogP contribution in [0, 0.1) is 0 Å². The molecular weight excluding hydrogens is 332 g/mol. The number of aliphatic hydroxyl groups excluding tert-OH is 1. The van der Waals surface area contributed by atoms with E-state index in [2.05, 4.69) is 21.7 Å². The quantitative estimate of drug-likeness (QED) is 0.784. The maximum absolute atomic E-state index is 10.0. The maximum Gasteiger partial charge on any atom is 0.140 e. The number of nitrogens with zero attached hydrogens (tertiary/aromatic N) is 2. The minimum absolute atomic E-state index is 0.00415. The number of rotatable bonds is 3. The lowest BCUT2D eigenvalue weighted by Crippen LogP contribution is -2.30. The molecule has 0 unspecified atom stereocenters. The van der Waals surface area contributed by atoms with Crippen LogP contribution in [0.15, 0.2) is 48.8 Å². The van der Waals surface area contributed by atoms with Gasteiger partial charge in [0.15, 0.2) is 0 Å². The molecular formula is C20H20N2O4. The van der Waals surface area contributed by atoms with E-state index in [-0.39, 0.29) is 18.2 Å². The number of aliphatic hydroxyl groups is 1. The van der Waals surface area contributed by atoms with Crippen LogP contribution in [0.4, 0.5) is 0 Å². The van der Waals surface area contributed by atoms with Crippen molar-refractivity contribution in [1.29, 1.82) is 0 Å². The largest absolute Gasteiger partial charge is 0.496 e. The second-order valence-corrected chi connectivity index (χ2v) is 6.75. The van der Waals surface area contributed by atoms with Crippen LogP contribution in [0.1, 0.15) is 6.04 Å². The summed E-state index contributed by atoms with van der Waals surface area (Å²) in [7, 11) is 1.68. The fraction of sp³-hybridized carbons (Fsp3) is 0.350. The van der Waals surface area contributed by atoms with Crippen LogP contribution >= 0.6 is 0 Å². The Balaban J connectivity index is 1.62. The third-order valence-electron chi connectivity index (χ3n) is 5.37. The Morgan fingerprint density at radius 3 is 2.73 bits per heavy atom. The summed E-state index contributed by atoms with van der Waals surface area (Å²) in [5, 5.41) is 12.1. The first-order valence-electron chi connectivity index (χ1n) is 8.78. The molecule has 0 bridgehead atoms. The molecule has 2 aliphatic heterocycles. The molecule has 2 aromatic carbocycles. The summed E-state index contributed by atoms with van der Waals surface area (Å²) in [4.78, 5) is 4.62. The van der Waals surface area contributed by atoms with Gasteiger partial charge in [0, 0.05) is 23.3 Å². The standard InChI is InChI=1S/C20H20N2O4/c1-24-17-7-6-14(12-4-2-3-5-13(12)17)20-21-8-9-22(20)15-10-25-19-16(23)11-26-18(15)19/h2-9,15-16,18-19,23H,10-11H2,1H3/t15-,16+,18+,19+/m0/s1. The minimum atomic E-state index is -0.557. The first-order chi connectivity index (χ1) is 12.8. The predicted molar refractivity (Wildman–Crippen MR) is 96.2 cm³/mol. The van der Waals surface area contributed by atoms with Crippen molar-refractivity contribution in [1.82, 2.24) is 9.55 Å². The Bertz CT molecular complexity index is 954. The molecule has 134 valence electrons. The van der Waals surface area contributed by atoms with E-state index in [0.717, 1.165) is 27.9 Å². The van der Waals surface area contributed by atoms with Crippen LogP contribution in [0.3, 0.4) is 0 Å². The van der Waals surface area contributed by atoms with E-state index in [9.17, 15) is 5.11 Å². The SMILES string of the molecule is COc1ccc(-c2nccn2[C@H]2CO[C@H]3[C@@H]2OC[C@H]3O)c2ccccc12. The molecule has 1 aromatic heterocycles. The molecule has 0 radical (unpaired) electrons. The van der Waals surface area contributed by atoms with Gasteiger partial charge in [0.25, 0.3) is 0 Å². The molecule has 2 fully saturated rings. The zero-order chi connectivity index (χ0) is 17.7. The first-order valence-corrected chi connectivity index (χ1v) is 8.78. The average Bonchev–Trinajstić information content (AvgIpc) is 3.38. The van der Waals surface area contributed by atoms with Gasteiger partial charge in [-0.2, -0.15) is 0 Å². The Morgan fingerprint density at radius 1 is 1.08 bits per heavy atom. The zero-order valence-electron chi connectivity index (χ0n) is 14.4. The molecule has 26 heavy (non-hydrogen) atoms. The van der Waals surface area contributed by atoms with E-state index < -0.39 is 6.10 Å². The van der Waals surface area contributed by atoms with Crippen LogP contribution in [-0.4, -0.2) is 53.3 Å². The summed E-state index contributed by atoms with van der Waals surface area (Å²) in [6.07, 6.45) is 2.79. The van der Waals surface area contributed by atoms with Crippen molar-refractivity contribution >= 4 is 10.8 Å². The van der Waals surface area contributed by atoms with Crippen LogP contribution in [0.2, 0.25) is 0 Å². The number of aromatic nitrogens is 2. The number of benzene rings is 2. The smallest absolute Gasteiger partial charge is 0.140 e. The molecule has 0 spiro atoms. The van der Waals surface area contributed by atoms with Crippen molar-refractivity contribution in [2.75, 3.05) is 20.3 Å². The number of imidazole rings is 1. The van der Waals surface area contributed by atoms with Crippen LogP contribution in [0.25, 0.3) is 22.2 Å². The Morgan fingerprint density at radius 2 is 1.88 bits per heavy atom. The average molecular weight is 352 g/mol. The number of ether oxygens (including phenoxy) is 3. The Labute approximate surface area is 150 Å². The van der Waals surface area contributed by atoms with Crippen molar-refractivity contribution in [3.8, 4) is 17.1 Å². The van der Waals surface area contributed by atoms with E-state index >= 15 is 0 Å². The van der Waals surface area contributed by atoms with Crippen LogP contribution < -0.4 is 4.74 Å². The fourth-order valence-electron chi connectivity index (χ4n) is 4.13. The van der Waals surface area contributed by atoms with E-state index in [1.807, 2.05) is 30.5 Å². The van der Waals surface area contributed by atoms with E-state index in [0.29, 0.717) is 13.2 Å². The maximum atomic E-state index is 10.0. The summed E-state index contributed by atoms with van der Waals surface area (Å²) in [6, 6.07) is 12.2. The van der Waals surface area contributed by atoms with Gasteiger partial charge in [0.1, 0.15) is 29.9 Å². The lowest BCUT2D eigenvalue weighted by atomic mass is 10.0. The highest BCUT2D eigenvalue weighted by molar-refractivity contribution is 5.98. The molecule has 0 saturated carbocycles. The van der Waals surface area contributed by atoms with Gasteiger partial charge in [0.05, 0.1) is 26.4 Å². The molecule has 6 nitrogen and oxygen atoms in total. The monoisotopic (exact) mass is 352 g/mol. The third-order valence-corrected chi connectivity index (χ3v) is 5.37. The lowest BCUT2D eigenvalue weighted by molar-refractivity contribution is 0.0172. The van der Waals surface area contributed by atoms with Gasteiger partial charge in [-0.25, -0.2) is 4.98 Å². The van der Waals surface area contributed by atoms with Gasteiger partial charge in [-0.05, 0) is 17.5 Å². The topological polar surface area (TPSA) is 65.7 Å². The van der Waals surface area contributed by atoms with Crippen molar-refractivity contribution in [2.24, 2.45) is 0 Å². The van der Waals surface area contributed by atoms with Crippen molar-refractivity contribution in [3.63, 3.8) is 0 Å². The number of methoxy groups -OCH3 is 1. The highest BCUT2D eigenvalue weighted by atomic mass is 16.6. The Hall–Kier alpha value is -2.41. The van der Waals surface area contributed by atoms with Crippen molar-refractivity contribution in [3.05, 3.63) is 48.8 Å². The van der Waals surface area contributed by atoms with Crippen molar-refractivity contribution in [2.45, 2.75) is 24.4 Å². The summed E-state index contributed by atoms with van der Waals surface area (Å²) < 4.78 is 19.2. The van der Waals surface area contributed by atoms with Gasteiger partial charge >= 0.3 is 0 Å². The highest BCUT2D eigenvalue weighted by Gasteiger charge is 2.48. The molecule has 3 aromatic rings. The van der Waals surface area contributed by atoms with Crippen molar-refractivity contribution < 1.29 is 19.3 Å². The van der Waals surface area contributed by atoms with Crippen LogP contribution in [-0.2, 0) is 9.47 Å². The molecule has 6 heteroatoms. The summed E-state index contributed by atoms with van der Waals surface area (Å²) >= 11 is 0. The molecule has 2 saturated heterocycles. The van der Waals surface area contributed by atoms with E-state index in [1.165, 1.54) is 0 Å². The molecule has 3 heterocycles. The number of fused-ring (bicyclic) bond motifs is 2. The molecule has 0 aliphatic carbocycles. The summed E-state index contributed by atoms with van der Waals surface area (Å²) in [5.74, 6) is 1.71. The number of hydrogen-bond acceptors (Lipinski definition) is 5. The minimum Gasteiger partial charge on any atom is -0.496 e. The van der Waals surface area contributed by atoms with E-state index in [1.54, 1.807) is 13.3 Å². The predicted octanol–water partition coefficient (Wildman–Crippen LogP) is 2.41. The molecule has 4 atom stereocenters. The normalized spacial score (nSPS) is 27.8. The van der Waals surface area contributed by atoms with Gasteiger partial charge < -0.3 is 23.9 Å². The second-order valence-electron chi connectivity index (χ2n) is 6.75. The number of hydrogen-bond donors (Lipinski definition) is 1. The van der Waals surface area contributed by atoms with Crippen LogP contribution in [0.5, 0.6) is 5.75 Å². The summed E-state index contributed by atoms with van der Waals surface area (Å²) in [5.41, 5.74) is 1.04. The molecule has 5 rings (SSSR count). The highest BCUT2D eigenvalue weighted by Crippen LogP contribution is 2.39. The lowest BCUT2D eigenvalue weighted by Gasteiger charge is -2.20. The first kappa shape index (κ1) is 15.8.